The Morgan fingerprint density at radius 1 is 1.13 bits per heavy atom. The fourth-order valence-electron chi connectivity index (χ4n) is 1.39. The zero-order chi connectivity index (χ0) is 10.8. The maximum Gasteiger partial charge on any atom is 0.272 e. The molecule has 1 aliphatic rings. The van der Waals surface area contributed by atoms with Crippen LogP contribution in [0.25, 0.3) is 0 Å². The van der Waals surface area contributed by atoms with Crippen LogP contribution in [-0.2, 0) is 16.1 Å². The third-order valence-electron chi connectivity index (χ3n) is 2.15. The van der Waals surface area contributed by atoms with Gasteiger partial charge in [-0.3, -0.25) is 14.5 Å². The van der Waals surface area contributed by atoms with Gasteiger partial charge in [-0.2, -0.15) is 0 Å². The normalized spacial score (nSPS) is 15.8. The summed E-state index contributed by atoms with van der Waals surface area (Å²) in [5, 5.41) is -0.0177. The third-order valence-corrected chi connectivity index (χ3v) is 2.42. The molecule has 3 nitrogen and oxygen atoms in total. The highest BCUT2D eigenvalue weighted by molar-refractivity contribution is 6.46. The van der Waals surface area contributed by atoms with Crippen molar-refractivity contribution in [2.75, 3.05) is 0 Å². The van der Waals surface area contributed by atoms with E-state index in [-0.39, 0.29) is 17.5 Å². The van der Waals surface area contributed by atoms with Crippen LogP contribution >= 0.6 is 11.6 Å². The predicted octanol–water partition coefficient (Wildman–Crippen LogP) is 1.68. The lowest BCUT2D eigenvalue weighted by Gasteiger charge is -2.13. The van der Waals surface area contributed by atoms with Gasteiger partial charge in [0.1, 0.15) is 5.03 Å². The number of carbonyl (C=O) groups is 2. The lowest BCUT2D eigenvalue weighted by Crippen LogP contribution is -2.29. The van der Waals surface area contributed by atoms with Gasteiger partial charge in [-0.15, -0.1) is 0 Å². The monoisotopic (exact) mass is 221 g/mol. The molecule has 15 heavy (non-hydrogen) atoms. The topological polar surface area (TPSA) is 37.4 Å². The van der Waals surface area contributed by atoms with Crippen LogP contribution in [0.5, 0.6) is 0 Å². The number of hydrogen-bond donors (Lipinski definition) is 0. The molecule has 0 N–H and O–H groups in total. The van der Waals surface area contributed by atoms with Gasteiger partial charge in [-0.1, -0.05) is 41.9 Å². The highest BCUT2D eigenvalue weighted by Gasteiger charge is 2.29. The number of imide groups is 1. The molecule has 0 saturated heterocycles. The quantitative estimate of drug-likeness (QED) is 0.713. The summed E-state index contributed by atoms with van der Waals surface area (Å²) in [7, 11) is 0. The lowest BCUT2D eigenvalue weighted by atomic mass is 10.2. The Kier molecular flexibility index (Phi) is 2.56. The molecule has 1 heterocycles. The summed E-state index contributed by atoms with van der Waals surface area (Å²) >= 11 is 5.57. The van der Waals surface area contributed by atoms with Crippen LogP contribution in [0.3, 0.4) is 0 Å². The minimum absolute atomic E-state index is 0.0177. The van der Waals surface area contributed by atoms with Gasteiger partial charge in [0.15, 0.2) is 0 Å². The van der Waals surface area contributed by atoms with Gasteiger partial charge in [-0.05, 0) is 5.56 Å². The molecule has 0 atom stereocenters. The minimum Gasteiger partial charge on any atom is -0.270 e. The van der Waals surface area contributed by atoms with E-state index in [9.17, 15) is 9.59 Å². The Labute approximate surface area is 91.9 Å². The molecular formula is C11H8ClNO2. The summed E-state index contributed by atoms with van der Waals surface area (Å²) in [5.74, 6) is -0.778. The standard InChI is InChI=1S/C11H8ClNO2/c12-9-6-10(14)13(11(9)15)7-8-4-2-1-3-5-8/h1-6H,7H2. The van der Waals surface area contributed by atoms with E-state index in [1.165, 1.54) is 0 Å². The van der Waals surface area contributed by atoms with Gasteiger partial charge in [0.2, 0.25) is 0 Å². The average Bonchev–Trinajstić information content (AvgIpc) is 2.47. The molecule has 2 amide bonds. The highest BCUT2D eigenvalue weighted by Crippen LogP contribution is 2.18. The summed E-state index contributed by atoms with van der Waals surface area (Å²) < 4.78 is 0. The molecule has 0 saturated carbocycles. The first-order chi connectivity index (χ1) is 7.18. The zero-order valence-electron chi connectivity index (χ0n) is 7.81. The van der Waals surface area contributed by atoms with Gasteiger partial charge in [0.05, 0.1) is 6.54 Å². The molecule has 0 aliphatic carbocycles. The first-order valence-electron chi connectivity index (χ1n) is 4.45. The molecule has 0 unspecified atom stereocenters. The fraction of sp³-hybridized carbons (Fsp3) is 0.0909. The Morgan fingerprint density at radius 2 is 1.80 bits per heavy atom. The van der Waals surface area contributed by atoms with Crippen LogP contribution in [0.15, 0.2) is 41.4 Å². The van der Waals surface area contributed by atoms with Gasteiger partial charge in [-0.25, -0.2) is 0 Å². The smallest absolute Gasteiger partial charge is 0.270 e. The first-order valence-corrected chi connectivity index (χ1v) is 4.83. The summed E-state index contributed by atoms with van der Waals surface area (Å²) in [6.45, 7) is 0.269. The fourth-order valence-corrected chi connectivity index (χ4v) is 1.59. The Morgan fingerprint density at radius 3 is 2.33 bits per heavy atom. The summed E-state index contributed by atoms with van der Waals surface area (Å²) in [6, 6.07) is 9.30. The predicted molar refractivity (Wildman–Crippen MR) is 55.9 cm³/mol. The molecule has 0 fully saturated rings. The van der Waals surface area contributed by atoms with Gasteiger partial charge in [0, 0.05) is 6.08 Å². The van der Waals surface area contributed by atoms with Crippen molar-refractivity contribution in [2.45, 2.75) is 6.54 Å². The molecular weight excluding hydrogens is 214 g/mol. The second-order valence-corrected chi connectivity index (χ2v) is 3.61. The van der Waals surface area contributed by atoms with Crippen molar-refractivity contribution in [3.05, 3.63) is 47.0 Å². The number of carbonyl (C=O) groups excluding carboxylic acids is 2. The van der Waals surface area contributed by atoms with Crippen molar-refractivity contribution in [1.29, 1.82) is 0 Å². The van der Waals surface area contributed by atoms with Crippen LogP contribution in [0.4, 0.5) is 0 Å². The molecule has 0 spiro atoms. The van der Waals surface area contributed by atoms with Crippen molar-refractivity contribution in [1.82, 2.24) is 4.90 Å². The van der Waals surface area contributed by atoms with Crippen molar-refractivity contribution in [3.8, 4) is 0 Å². The van der Waals surface area contributed by atoms with E-state index < -0.39 is 5.91 Å². The van der Waals surface area contributed by atoms with E-state index in [0.717, 1.165) is 16.5 Å². The number of benzene rings is 1. The zero-order valence-corrected chi connectivity index (χ0v) is 8.57. The van der Waals surface area contributed by atoms with Gasteiger partial charge in [0.25, 0.3) is 11.8 Å². The van der Waals surface area contributed by atoms with E-state index in [1.807, 2.05) is 30.3 Å². The van der Waals surface area contributed by atoms with Crippen LogP contribution < -0.4 is 0 Å². The Bertz CT molecular complexity index is 439. The average molecular weight is 222 g/mol. The Balaban J connectivity index is 2.15. The second kappa shape index (κ2) is 3.87. The number of amides is 2. The molecule has 0 aromatic heterocycles. The van der Waals surface area contributed by atoms with Crippen LogP contribution in [-0.4, -0.2) is 16.7 Å². The van der Waals surface area contributed by atoms with Gasteiger partial charge < -0.3 is 0 Å². The maximum atomic E-state index is 11.4. The lowest BCUT2D eigenvalue weighted by molar-refractivity contribution is -0.137. The molecule has 0 bridgehead atoms. The highest BCUT2D eigenvalue weighted by atomic mass is 35.5. The molecule has 1 aromatic rings. The van der Waals surface area contributed by atoms with E-state index in [4.69, 9.17) is 11.6 Å². The van der Waals surface area contributed by atoms with E-state index in [0.29, 0.717) is 0 Å². The number of nitrogens with zero attached hydrogens (tertiary/aromatic N) is 1. The molecule has 0 radical (unpaired) electrons. The molecule has 4 heteroatoms. The van der Waals surface area contributed by atoms with Gasteiger partial charge >= 0.3 is 0 Å². The van der Waals surface area contributed by atoms with E-state index in [1.54, 1.807) is 0 Å². The van der Waals surface area contributed by atoms with E-state index in [2.05, 4.69) is 0 Å². The molecule has 2 rings (SSSR count). The van der Waals surface area contributed by atoms with Crippen molar-refractivity contribution in [3.63, 3.8) is 0 Å². The first kappa shape index (κ1) is 9.93. The number of hydrogen-bond acceptors (Lipinski definition) is 2. The molecule has 76 valence electrons. The second-order valence-electron chi connectivity index (χ2n) is 3.21. The summed E-state index contributed by atoms with van der Waals surface area (Å²) in [5.41, 5.74) is 0.902. The number of halogens is 1. The maximum absolute atomic E-state index is 11.4. The summed E-state index contributed by atoms with van der Waals surface area (Å²) in [4.78, 5) is 23.9. The largest absolute Gasteiger partial charge is 0.272 e. The van der Waals surface area contributed by atoms with E-state index >= 15 is 0 Å². The summed E-state index contributed by atoms with van der Waals surface area (Å²) in [6.07, 6.45) is 1.15. The van der Waals surface area contributed by atoms with Crippen LogP contribution in [0.2, 0.25) is 0 Å². The van der Waals surface area contributed by atoms with Crippen molar-refractivity contribution >= 4 is 23.4 Å². The minimum atomic E-state index is -0.425. The van der Waals surface area contributed by atoms with Crippen LogP contribution in [0, 0.1) is 0 Å². The van der Waals surface area contributed by atoms with Crippen LogP contribution in [0.1, 0.15) is 5.56 Å². The molecule has 1 aromatic carbocycles. The SMILES string of the molecule is O=C1C=C(Cl)C(=O)N1Cc1ccccc1. The third kappa shape index (κ3) is 1.92. The van der Waals surface area contributed by atoms with Crippen molar-refractivity contribution in [2.24, 2.45) is 0 Å². The Hall–Kier alpha value is -1.61. The molecule has 1 aliphatic heterocycles. The van der Waals surface area contributed by atoms with Crippen molar-refractivity contribution < 1.29 is 9.59 Å². The number of rotatable bonds is 2.